The van der Waals surface area contributed by atoms with Gasteiger partial charge in [0.2, 0.25) is 0 Å². The Labute approximate surface area is 131 Å². The molecule has 6 heteroatoms. The van der Waals surface area contributed by atoms with Crippen molar-refractivity contribution in [1.29, 1.82) is 0 Å². The summed E-state index contributed by atoms with van der Waals surface area (Å²) >= 11 is 13.1. The van der Waals surface area contributed by atoms with E-state index in [9.17, 15) is 9.90 Å². The van der Waals surface area contributed by atoms with E-state index < -0.39 is 6.10 Å². The van der Waals surface area contributed by atoms with Gasteiger partial charge in [0.1, 0.15) is 0 Å². The van der Waals surface area contributed by atoms with Crippen LogP contribution in [-0.2, 0) is 0 Å². The smallest absolute Gasteiger partial charge is 0.251 e. The molecular formula is C14H13Cl2NO2S. The van der Waals surface area contributed by atoms with E-state index in [4.69, 9.17) is 23.2 Å². The van der Waals surface area contributed by atoms with Crippen LogP contribution in [0.3, 0.4) is 0 Å². The summed E-state index contributed by atoms with van der Waals surface area (Å²) in [7, 11) is 0. The van der Waals surface area contributed by atoms with Crippen LogP contribution in [0.2, 0.25) is 10.0 Å². The molecular weight excluding hydrogens is 317 g/mol. The molecule has 1 amide bonds. The Hall–Kier alpha value is -1.07. The molecule has 1 aromatic heterocycles. The van der Waals surface area contributed by atoms with Gasteiger partial charge < -0.3 is 10.4 Å². The molecule has 1 unspecified atom stereocenters. The Morgan fingerprint density at radius 1 is 1.30 bits per heavy atom. The fourth-order valence-corrected chi connectivity index (χ4v) is 2.73. The quantitative estimate of drug-likeness (QED) is 0.873. The van der Waals surface area contributed by atoms with Crippen molar-refractivity contribution < 1.29 is 9.90 Å². The molecule has 0 aliphatic rings. The van der Waals surface area contributed by atoms with Crippen LogP contribution in [0.15, 0.2) is 35.7 Å². The maximum absolute atomic E-state index is 11.9. The summed E-state index contributed by atoms with van der Waals surface area (Å²) in [5.41, 5.74) is 0.449. The molecule has 1 heterocycles. The summed E-state index contributed by atoms with van der Waals surface area (Å²) in [6.07, 6.45) is -0.0859. The third kappa shape index (κ3) is 3.96. The molecule has 20 heavy (non-hydrogen) atoms. The van der Waals surface area contributed by atoms with E-state index >= 15 is 0 Å². The number of thiophene rings is 1. The first kappa shape index (κ1) is 15.3. The first-order valence-corrected chi connectivity index (χ1v) is 7.66. The molecule has 2 N–H and O–H groups in total. The highest BCUT2D eigenvalue weighted by Crippen LogP contribution is 2.23. The Kier molecular flexibility index (Phi) is 5.43. The average molecular weight is 330 g/mol. The third-order valence-electron chi connectivity index (χ3n) is 2.76. The van der Waals surface area contributed by atoms with Gasteiger partial charge in [-0.1, -0.05) is 29.3 Å². The number of aliphatic hydroxyl groups is 1. The van der Waals surface area contributed by atoms with E-state index in [-0.39, 0.29) is 5.91 Å². The second kappa shape index (κ2) is 7.09. The predicted molar refractivity (Wildman–Crippen MR) is 82.7 cm³/mol. The molecule has 0 saturated heterocycles. The third-order valence-corrected chi connectivity index (χ3v) is 4.47. The number of rotatable bonds is 5. The van der Waals surface area contributed by atoms with Gasteiger partial charge in [0.25, 0.3) is 5.91 Å². The second-order valence-corrected chi connectivity index (χ2v) is 6.00. The molecule has 0 fully saturated rings. The molecule has 0 spiro atoms. The summed E-state index contributed by atoms with van der Waals surface area (Å²) < 4.78 is 0. The number of benzene rings is 1. The van der Waals surface area contributed by atoms with E-state index in [0.29, 0.717) is 28.6 Å². The molecule has 106 valence electrons. The average Bonchev–Trinajstić information content (AvgIpc) is 2.95. The zero-order chi connectivity index (χ0) is 14.5. The first-order chi connectivity index (χ1) is 9.58. The van der Waals surface area contributed by atoms with Crippen LogP contribution in [0, 0.1) is 0 Å². The maximum Gasteiger partial charge on any atom is 0.251 e. The SMILES string of the molecule is O=C(NCCC(O)c1cccs1)c1ccc(Cl)c(Cl)c1. The number of nitrogens with one attached hydrogen (secondary N) is 1. The van der Waals surface area contributed by atoms with Crippen molar-refractivity contribution in [2.24, 2.45) is 0 Å². The van der Waals surface area contributed by atoms with Gasteiger partial charge >= 0.3 is 0 Å². The fraction of sp³-hybridized carbons (Fsp3) is 0.214. The zero-order valence-corrected chi connectivity index (χ0v) is 12.8. The lowest BCUT2D eigenvalue weighted by molar-refractivity contribution is 0.0943. The minimum absolute atomic E-state index is 0.234. The normalized spacial score (nSPS) is 12.2. The minimum atomic E-state index is -0.552. The van der Waals surface area contributed by atoms with Crippen molar-refractivity contribution in [1.82, 2.24) is 5.32 Å². The summed E-state index contributed by atoms with van der Waals surface area (Å²) in [6, 6.07) is 8.47. The number of halogens is 2. The molecule has 3 nitrogen and oxygen atoms in total. The number of carbonyl (C=O) groups is 1. The van der Waals surface area contributed by atoms with Crippen molar-refractivity contribution in [2.45, 2.75) is 12.5 Å². The zero-order valence-electron chi connectivity index (χ0n) is 10.5. The van der Waals surface area contributed by atoms with Crippen molar-refractivity contribution in [3.05, 3.63) is 56.2 Å². The summed E-state index contributed by atoms with van der Waals surface area (Å²) in [4.78, 5) is 12.8. The topological polar surface area (TPSA) is 49.3 Å². The van der Waals surface area contributed by atoms with E-state index in [1.54, 1.807) is 12.1 Å². The minimum Gasteiger partial charge on any atom is -0.388 e. The Morgan fingerprint density at radius 3 is 2.75 bits per heavy atom. The lowest BCUT2D eigenvalue weighted by Gasteiger charge is -2.10. The molecule has 0 radical (unpaired) electrons. The van der Waals surface area contributed by atoms with E-state index in [0.717, 1.165) is 4.88 Å². The summed E-state index contributed by atoms with van der Waals surface area (Å²) in [6.45, 7) is 0.387. The highest BCUT2D eigenvalue weighted by Gasteiger charge is 2.11. The second-order valence-electron chi connectivity index (χ2n) is 4.20. The molecule has 0 saturated carbocycles. The van der Waals surface area contributed by atoms with E-state index in [2.05, 4.69) is 5.32 Å². The largest absolute Gasteiger partial charge is 0.388 e. The van der Waals surface area contributed by atoms with Crippen LogP contribution in [0.5, 0.6) is 0 Å². The molecule has 0 bridgehead atoms. The highest BCUT2D eigenvalue weighted by atomic mass is 35.5. The van der Waals surface area contributed by atoms with Crippen molar-refractivity contribution >= 4 is 40.4 Å². The van der Waals surface area contributed by atoms with Crippen molar-refractivity contribution in [3.8, 4) is 0 Å². The monoisotopic (exact) mass is 329 g/mol. The number of hydrogen-bond acceptors (Lipinski definition) is 3. The van der Waals surface area contributed by atoms with Crippen LogP contribution in [0.25, 0.3) is 0 Å². The van der Waals surface area contributed by atoms with Gasteiger partial charge in [-0.3, -0.25) is 4.79 Å². The van der Waals surface area contributed by atoms with Gasteiger partial charge in [0.15, 0.2) is 0 Å². The summed E-state index contributed by atoms with van der Waals surface area (Å²) in [5, 5.41) is 15.3. The van der Waals surface area contributed by atoms with Crippen LogP contribution >= 0.6 is 34.5 Å². The van der Waals surface area contributed by atoms with Crippen LogP contribution in [0.4, 0.5) is 0 Å². The summed E-state index contributed by atoms with van der Waals surface area (Å²) in [5.74, 6) is -0.234. The maximum atomic E-state index is 11.9. The Balaban J connectivity index is 1.84. The standard InChI is InChI=1S/C14H13Cl2NO2S/c15-10-4-3-9(8-11(10)16)14(19)17-6-5-12(18)13-2-1-7-20-13/h1-4,7-8,12,18H,5-6H2,(H,17,19). The molecule has 0 aliphatic heterocycles. The van der Waals surface area contributed by atoms with E-state index in [1.807, 2.05) is 17.5 Å². The highest BCUT2D eigenvalue weighted by molar-refractivity contribution is 7.10. The Bertz CT molecular complexity index is 587. The van der Waals surface area contributed by atoms with Gasteiger partial charge in [0, 0.05) is 17.0 Å². The van der Waals surface area contributed by atoms with Crippen LogP contribution in [-0.4, -0.2) is 17.6 Å². The number of hydrogen-bond donors (Lipinski definition) is 2. The molecule has 2 rings (SSSR count). The van der Waals surface area contributed by atoms with Crippen molar-refractivity contribution in [2.75, 3.05) is 6.54 Å². The Morgan fingerprint density at radius 2 is 2.10 bits per heavy atom. The van der Waals surface area contributed by atoms with Gasteiger partial charge in [-0.05, 0) is 36.1 Å². The lowest BCUT2D eigenvalue weighted by Crippen LogP contribution is -2.25. The van der Waals surface area contributed by atoms with Crippen LogP contribution < -0.4 is 5.32 Å². The first-order valence-electron chi connectivity index (χ1n) is 6.02. The molecule has 2 aromatic rings. The lowest BCUT2D eigenvalue weighted by atomic mass is 10.2. The molecule has 1 atom stereocenters. The van der Waals surface area contributed by atoms with Gasteiger partial charge in [-0.25, -0.2) is 0 Å². The number of amides is 1. The number of aliphatic hydroxyl groups excluding tert-OH is 1. The van der Waals surface area contributed by atoms with Crippen molar-refractivity contribution in [3.63, 3.8) is 0 Å². The van der Waals surface area contributed by atoms with Gasteiger partial charge in [-0.15, -0.1) is 11.3 Å². The predicted octanol–water partition coefficient (Wildman–Crippen LogP) is 3.91. The fourth-order valence-electron chi connectivity index (χ4n) is 1.68. The number of carbonyl (C=O) groups excluding carboxylic acids is 1. The van der Waals surface area contributed by atoms with Gasteiger partial charge in [-0.2, -0.15) is 0 Å². The van der Waals surface area contributed by atoms with E-state index in [1.165, 1.54) is 17.4 Å². The molecule has 1 aromatic carbocycles. The van der Waals surface area contributed by atoms with Gasteiger partial charge in [0.05, 0.1) is 16.1 Å². The van der Waals surface area contributed by atoms with Crippen LogP contribution in [0.1, 0.15) is 27.8 Å². The molecule has 0 aliphatic carbocycles.